The van der Waals surface area contributed by atoms with E-state index >= 15 is 0 Å². The lowest BCUT2D eigenvalue weighted by atomic mass is 9.75. The third-order valence-electron chi connectivity index (χ3n) is 6.67. The van der Waals surface area contributed by atoms with Gasteiger partial charge in [0.25, 0.3) is 5.91 Å². The summed E-state index contributed by atoms with van der Waals surface area (Å²) in [5.41, 5.74) is 3.28. The molecule has 2 aromatic rings. The number of rotatable bonds is 2. The van der Waals surface area contributed by atoms with Gasteiger partial charge in [0.05, 0.1) is 6.04 Å². The van der Waals surface area contributed by atoms with Crippen LogP contribution in [0.2, 0.25) is 0 Å². The highest BCUT2D eigenvalue weighted by atomic mass is 16.2. The second kappa shape index (κ2) is 6.20. The fourth-order valence-electron chi connectivity index (χ4n) is 5.41. The Hall–Kier alpha value is -2.20. The molecule has 134 valence electrons. The second-order valence-electron chi connectivity index (χ2n) is 8.07. The molecule has 4 heteroatoms. The maximum Gasteiger partial charge on any atom is 0.254 e. The first-order valence-corrected chi connectivity index (χ1v) is 9.74. The molecule has 1 aromatic carbocycles. The molecule has 4 saturated heterocycles. The van der Waals surface area contributed by atoms with E-state index in [-0.39, 0.29) is 5.91 Å². The summed E-state index contributed by atoms with van der Waals surface area (Å²) in [6.45, 7) is 5.22. The number of hydrogen-bond acceptors (Lipinski definition) is 3. The normalized spacial score (nSPS) is 32.5. The van der Waals surface area contributed by atoms with Crippen molar-refractivity contribution in [3.63, 3.8) is 0 Å². The van der Waals surface area contributed by atoms with Gasteiger partial charge in [-0.25, -0.2) is 0 Å². The maximum absolute atomic E-state index is 13.4. The van der Waals surface area contributed by atoms with Gasteiger partial charge >= 0.3 is 0 Å². The van der Waals surface area contributed by atoms with Crippen molar-refractivity contribution in [3.05, 3.63) is 65.5 Å². The fourth-order valence-corrected chi connectivity index (χ4v) is 5.41. The maximum atomic E-state index is 13.4. The average Bonchev–Trinajstić information content (AvgIpc) is 3.12. The van der Waals surface area contributed by atoms with Crippen molar-refractivity contribution in [2.24, 2.45) is 5.92 Å². The van der Waals surface area contributed by atoms with E-state index < -0.39 is 0 Å². The fraction of sp³-hybridized carbons (Fsp3) is 0.455. The highest BCUT2D eigenvalue weighted by molar-refractivity contribution is 5.95. The van der Waals surface area contributed by atoms with Crippen LogP contribution in [-0.4, -0.2) is 52.4 Å². The van der Waals surface area contributed by atoms with Crippen LogP contribution in [0.1, 0.15) is 40.2 Å². The van der Waals surface area contributed by atoms with E-state index in [9.17, 15) is 4.79 Å². The molecule has 0 N–H and O–H groups in total. The van der Waals surface area contributed by atoms with Gasteiger partial charge in [-0.3, -0.25) is 14.7 Å². The predicted molar refractivity (Wildman–Crippen MR) is 101 cm³/mol. The van der Waals surface area contributed by atoms with Crippen molar-refractivity contribution >= 4 is 5.91 Å². The number of piperidine rings is 3. The number of aromatic nitrogens is 1. The lowest BCUT2D eigenvalue weighted by molar-refractivity contribution is -0.00342. The highest BCUT2D eigenvalue weighted by Gasteiger charge is 2.54. The zero-order valence-electron chi connectivity index (χ0n) is 15.2. The summed E-state index contributed by atoms with van der Waals surface area (Å²) in [4.78, 5) is 22.5. The Morgan fingerprint density at radius 2 is 1.85 bits per heavy atom. The minimum absolute atomic E-state index is 0.195. The summed E-state index contributed by atoms with van der Waals surface area (Å²) >= 11 is 0. The molecule has 4 nitrogen and oxygen atoms in total. The first kappa shape index (κ1) is 16.0. The van der Waals surface area contributed by atoms with Gasteiger partial charge in [0.2, 0.25) is 0 Å². The van der Waals surface area contributed by atoms with Crippen molar-refractivity contribution in [3.8, 4) is 0 Å². The third-order valence-corrected chi connectivity index (χ3v) is 6.67. The molecule has 0 aliphatic carbocycles. The number of benzene rings is 1. The Bertz CT molecular complexity index is 796. The van der Waals surface area contributed by atoms with E-state index in [4.69, 9.17) is 0 Å². The van der Waals surface area contributed by atoms with Gasteiger partial charge in [0.1, 0.15) is 0 Å². The Morgan fingerprint density at radius 1 is 1.08 bits per heavy atom. The summed E-state index contributed by atoms with van der Waals surface area (Å²) in [7, 11) is 0. The van der Waals surface area contributed by atoms with Crippen LogP contribution in [-0.2, 0) is 0 Å². The molecule has 4 aliphatic heterocycles. The molecular formula is C22H25N3O. The third kappa shape index (κ3) is 2.47. The Labute approximate surface area is 154 Å². The number of aryl methyl sites for hydroxylation is 1. The van der Waals surface area contributed by atoms with Gasteiger partial charge in [-0.15, -0.1) is 0 Å². The van der Waals surface area contributed by atoms with Crippen LogP contribution in [0.15, 0.2) is 48.8 Å². The van der Waals surface area contributed by atoms with Crippen LogP contribution in [0, 0.1) is 12.8 Å². The monoisotopic (exact) mass is 347 g/mol. The SMILES string of the molecule is Cc1ccc(C(=O)N2CC(c3cccnc3)C3C2C2CCN3CC2)cc1. The van der Waals surface area contributed by atoms with E-state index in [1.54, 1.807) is 0 Å². The molecule has 1 amide bonds. The number of fused-ring (bicyclic) bond motifs is 2. The van der Waals surface area contributed by atoms with E-state index in [2.05, 4.69) is 27.8 Å². The molecule has 4 aliphatic rings. The number of hydrogen-bond donors (Lipinski definition) is 0. The van der Waals surface area contributed by atoms with E-state index in [0.29, 0.717) is 23.9 Å². The van der Waals surface area contributed by atoms with Gasteiger partial charge in [-0.1, -0.05) is 23.8 Å². The molecule has 2 bridgehead atoms. The largest absolute Gasteiger partial charge is 0.333 e. The molecule has 5 heterocycles. The lowest BCUT2D eigenvalue weighted by Crippen LogP contribution is -2.60. The van der Waals surface area contributed by atoms with Gasteiger partial charge < -0.3 is 4.90 Å². The molecular weight excluding hydrogens is 322 g/mol. The Morgan fingerprint density at radius 3 is 2.54 bits per heavy atom. The number of nitrogens with zero attached hydrogens (tertiary/aromatic N) is 3. The van der Waals surface area contributed by atoms with E-state index in [1.807, 2.05) is 42.7 Å². The molecule has 3 unspecified atom stereocenters. The summed E-state index contributed by atoms with van der Waals surface area (Å²) in [6.07, 6.45) is 6.26. The molecule has 4 fully saturated rings. The van der Waals surface area contributed by atoms with Crippen molar-refractivity contribution in [1.82, 2.24) is 14.8 Å². The van der Waals surface area contributed by atoms with Crippen LogP contribution >= 0.6 is 0 Å². The van der Waals surface area contributed by atoms with Crippen LogP contribution < -0.4 is 0 Å². The van der Waals surface area contributed by atoms with Crippen molar-refractivity contribution in [2.75, 3.05) is 19.6 Å². The van der Waals surface area contributed by atoms with Crippen LogP contribution in [0.25, 0.3) is 0 Å². The summed E-state index contributed by atoms with van der Waals surface area (Å²) in [5, 5.41) is 0. The smallest absolute Gasteiger partial charge is 0.254 e. The second-order valence-corrected chi connectivity index (χ2v) is 8.07. The number of amides is 1. The topological polar surface area (TPSA) is 36.4 Å². The zero-order valence-corrected chi connectivity index (χ0v) is 15.2. The standard InChI is InChI=1S/C22H25N3O/c1-15-4-6-17(7-5-15)22(26)25-14-19(18-3-2-10-23-13-18)21-20(25)16-8-11-24(21)12-9-16/h2-7,10,13,16,19-21H,8-9,11-12,14H2,1H3. The Balaban J connectivity index is 1.52. The van der Waals surface area contributed by atoms with Crippen LogP contribution in [0.4, 0.5) is 0 Å². The minimum Gasteiger partial charge on any atom is -0.333 e. The van der Waals surface area contributed by atoms with E-state index in [1.165, 1.54) is 37.1 Å². The molecule has 1 aromatic heterocycles. The summed E-state index contributed by atoms with van der Waals surface area (Å²) in [5.74, 6) is 1.20. The molecule has 0 radical (unpaired) electrons. The first-order valence-electron chi connectivity index (χ1n) is 9.74. The zero-order chi connectivity index (χ0) is 17.7. The quantitative estimate of drug-likeness (QED) is 0.838. The molecule has 26 heavy (non-hydrogen) atoms. The Kier molecular flexibility index (Phi) is 3.82. The van der Waals surface area contributed by atoms with Crippen LogP contribution in [0.5, 0.6) is 0 Å². The molecule has 0 spiro atoms. The minimum atomic E-state index is 0.195. The molecule has 3 atom stereocenters. The number of pyridine rings is 1. The number of likely N-dealkylation sites (tertiary alicyclic amines) is 1. The van der Waals surface area contributed by atoms with Gasteiger partial charge in [-0.2, -0.15) is 0 Å². The molecule has 6 rings (SSSR count). The number of carbonyl (C=O) groups is 1. The molecule has 0 saturated carbocycles. The van der Waals surface area contributed by atoms with Crippen LogP contribution in [0.3, 0.4) is 0 Å². The van der Waals surface area contributed by atoms with Gasteiger partial charge in [0, 0.05) is 36.5 Å². The van der Waals surface area contributed by atoms with Crippen molar-refractivity contribution < 1.29 is 4.79 Å². The highest BCUT2D eigenvalue weighted by Crippen LogP contribution is 2.46. The number of carbonyl (C=O) groups excluding carboxylic acids is 1. The first-order chi connectivity index (χ1) is 12.7. The van der Waals surface area contributed by atoms with Crippen molar-refractivity contribution in [2.45, 2.75) is 37.8 Å². The summed E-state index contributed by atoms with van der Waals surface area (Å²) < 4.78 is 0. The van der Waals surface area contributed by atoms with Crippen molar-refractivity contribution in [1.29, 1.82) is 0 Å². The predicted octanol–water partition coefficient (Wildman–Crippen LogP) is 3.09. The van der Waals surface area contributed by atoms with Gasteiger partial charge in [-0.05, 0) is 62.5 Å². The van der Waals surface area contributed by atoms with Gasteiger partial charge in [0.15, 0.2) is 0 Å². The lowest BCUT2D eigenvalue weighted by Gasteiger charge is -2.51. The average molecular weight is 347 g/mol. The van der Waals surface area contributed by atoms with E-state index in [0.717, 1.165) is 12.1 Å². The summed E-state index contributed by atoms with van der Waals surface area (Å²) in [6, 6.07) is 13.0.